The SMILES string of the molecule is CCCCn1nc(C2CCCC2)nc1[C@@H](C)N1CCCC1=O. The molecular weight excluding hydrogens is 276 g/mol. The molecule has 1 saturated carbocycles. The molecule has 0 spiro atoms. The molecule has 1 amide bonds. The van der Waals surface area contributed by atoms with Crippen LogP contribution < -0.4 is 0 Å². The van der Waals surface area contributed by atoms with Gasteiger partial charge in [0, 0.05) is 25.4 Å². The van der Waals surface area contributed by atoms with Crippen LogP contribution in [0.4, 0.5) is 0 Å². The van der Waals surface area contributed by atoms with Gasteiger partial charge < -0.3 is 4.90 Å². The molecular formula is C17H28N4O. The second kappa shape index (κ2) is 6.80. The van der Waals surface area contributed by atoms with Crippen molar-refractivity contribution in [2.24, 2.45) is 0 Å². The lowest BCUT2D eigenvalue weighted by Gasteiger charge is -2.23. The maximum Gasteiger partial charge on any atom is 0.223 e. The van der Waals surface area contributed by atoms with Crippen LogP contribution in [0.5, 0.6) is 0 Å². The van der Waals surface area contributed by atoms with Gasteiger partial charge in [-0.05, 0) is 32.6 Å². The molecule has 1 aromatic rings. The summed E-state index contributed by atoms with van der Waals surface area (Å²) in [5.41, 5.74) is 0. The van der Waals surface area contributed by atoms with E-state index in [1.54, 1.807) is 0 Å². The molecule has 0 aromatic carbocycles. The second-order valence-corrected chi connectivity index (χ2v) is 6.75. The Morgan fingerprint density at radius 2 is 2.05 bits per heavy atom. The lowest BCUT2D eigenvalue weighted by atomic mass is 10.1. The van der Waals surface area contributed by atoms with Gasteiger partial charge >= 0.3 is 0 Å². The number of rotatable bonds is 6. The monoisotopic (exact) mass is 304 g/mol. The Hall–Kier alpha value is -1.39. The highest BCUT2D eigenvalue weighted by Gasteiger charge is 2.31. The third-order valence-electron chi connectivity index (χ3n) is 5.11. The number of amides is 1. The first-order chi connectivity index (χ1) is 10.7. The Labute approximate surface area is 133 Å². The van der Waals surface area contributed by atoms with Crippen molar-refractivity contribution in [3.05, 3.63) is 11.6 Å². The number of aromatic nitrogens is 3. The summed E-state index contributed by atoms with van der Waals surface area (Å²) in [4.78, 5) is 18.9. The zero-order valence-corrected chi connectivity index (χ0v) is 13.9. The number of aryl methyl sites for hydroxylation is 1. The van der Waals surface area contributed by atoms with Crippen LogP contribution in [0.2, 0.25) is 0 Å². The van der Waals surface area contributed by atoms with Gasteiger partial charge in [-0.25, -0.2) is 9.67 Å². The van der Waals surface area contributed by atoms with E-state index in [1.165, 1.54) is 25.7 Å². The van der Waals surface area contributed by atoms with Gasteiger partial charge in [-0.3, -0.25) is 4.79 Å². The standard InChI is InChI=1S/C17H28N4O/c1-3-4-12-21-17(13(2)20-11-7-10-15(20)22)18-16(19-21)14-8-5-6-9-14/h13-14H,3-12H2,1-2H3/t13-/m1/s1. The van der Waals surface area contributed by atoms with Crippen LogP contribution in [-0.4, -0.2) is 32.1 Å². The molecule has 3 rings (SSSR count). The number of unbranched alkanes of at least 4 members (excludes halogenated alkanes) is 1. The van der Waals surface area contributed by atoms with Gasteiger partial charge in [-0.2, -0.15) is 5.10 Å². The smallest absolute Gasteiger partial charge is 0.223 e. The molecule has 1 aromatic heterocycles. The van der Waals surface area contributed by atoms with Crippen LogP contribution in [0.1, 0.15) is 88.8 Å². The first-order valence-corrected chi connectivity index (χ1v) is 8.94. The maximum atomic E-state index is 12.0. The van der Waals surface area contributed by atoms with E-state index in [9.17, 15) is 4.79 Å². The maximum absolute atomic E-state index is 12.0. The van der Waals surface area contributed by atoms with Crippen LogP contribution >= 0.6 is 0 Å². The number of carbonyl (C=O) groups excluding carboxylic acids is 1. The van der Waals surface area contributed by atoms with Crippen LogP contribution in [0.25, 0.3) is 0 Å². The van der Waals surface area contributed by atoms with Crippen molar-refractivity contribution >= 4 is 5.91 Å². The summed E-state index contributed by atoms with van der Waals surface area (Å²) < 4.78 is 2.08. The van der Waals surface area contributed by atoms with E-state index in [4.69, 9.17) is 10.1 Å². The minimum Gasteiger partial charge on any atom is -0.333 e. The quantitative estimate of drug-likeness (QED) is 0.809. The van der Waals surface area contributed by atoms with Crippen molar-refractivity contribution in [3.63, 3.8) is 0 Å². The Bertz CT molecular complexity index is 519. The summed E-state index contributed by atoms with van der Waals surface area (Å²) in [5.74, 6) is 2.80. The normalized spacial score (nSPS) is 21.0. The summed E-state index contributed by atoms with van der Waals surface area (Å²) in [7, 11) is 0. The first kappa shape index (κ1) is 15.5. The van der Waals surface area contributed by atoms with Crippen molar-refractivity contribution in [2.75, 3.05) is 6.54 Å². The molecule has 5 nitrogen and oxygen atoms in total. The molecule has 0 N–H and O–H groups in total. The van der Waals surface area contributed by atoms with Crippen LogP contribution in [0, 0.1) is 0 Å². The summed E-state index contributed by atoms with van der Waals surface area (Å²) in [6.45, 7) is 6.08. The number of carbonyl (C=O) groups is 1. The fourth-order valence-electron chi connectivity index (χ4n) is 3.73. The summed E-state index contributed by atoms with van der Waals surface area (Å²) in [6.07, 6.45) is 8.94. The van der Waals surface area contributed by atoms with Crippen LogP contribution in [-0.2, 0) is 11.3 Å². The molecule has 2 fully saturated rings. The molecule has 5 heteroatoms. The molecule has 2 aliphatic rings. The zero-order valence-electron chi connectivity index (χ0n) is 13.9. The molecule has 1 aliphatic carbocycles. The molecule has 2 heterocycles. The molecule has 122 valence electrons. The molecule has 0 bridgehead atoms. The lowest BCUT2D eigenvalue weighted by Crippen LogP contribution is -2.30. The summed E-state index contributed by atoms with van der Waals surface area (Å²) in [5, 5.41) is 4.81. The number of hydrogen-bond acceptors (Lipinski definition) is 3. The molecule has 22 heavy (non-hydrogen) atoms. The van der Waals surface area contributed by atoms with Gasteiger partial charge in [0.1, 0.15) is 5.82 Å². The van der Waals surface area contributed by atoms with E-state index >= 15 is 0 Å². The predicted octanol–water partition coefficient (Wildman–Crippen LogP) is 3.42. The fourth-order valence-corrected chi connectivity index (χ4v) is 3.73. The number of hydrogen-bond donors (Lipinski definition) is 0. The number of likely N-dealkylation sites (tertiary alicyclic amines) is 1. The zero-order chi connectivity index (χ0) is 15.5. The third-order valence-corrected chi connectivity index (χ3v) is 5.11. The highest BCUT2D eigenvalue weighted by molar-refractivity contribution is 5.78. The lowest BCUT2D eigenvalue weighted by molar-refractivity contribution is -0.129. The second-order valence-electron chi connectivity index (χ2n) is 6.75. The Balaban J connectivity index is 1.84. The average Bonchev–Trinajstić information content (AvgIpc) is 3.24. The van der Waals surface area contributed by atoms with Crippen molar-refractivity contribution in [2.45, 2.75) is 83.7 Å². The van der Waals surface area contributed by atoms with E-state index < -0.39 is 0 Å². The van der Waals surface area contributed by atoms with Gasteiger partial charge in [0.25, 0.3) is 0 Å². The van der Waals surface area contributed by atoms with Crippen molar-refractivity contribution in [3.8, 4) is 0 Å². The van der Waals surface area contributed by atoms with E-state index in [1.807, 2.05) is 4.90 Å². The van der Waals surface area contributed by atoms with Gasteiger partial charge in [0.05, 0.1) is 6.04 Å². The van der Waals surface area contributed by atoms with Crippen LogP contribution in [0.3, 0.4) is 0 Å². The minimum absolute atomic E-state index is 0.0505. The minimum atomic E-state index is 0.0505. The molecule has 0 radical (unpaired) electrons. The highest BCUT2D eigenvalue weighted by atomic mass is 16.2. The topological polar surface area (TPSA) is 51.0 Å². The van der Waals surface area contributed by atoms with Gasteiger partial charge in [-0.1, -0.05) is 26.2 Å². The summed E-state index contributed by atoms with van der Waals surface area (Å²) >= 11 is 0. The van der Waals surface area contributed by atoms with Gasteiger partial charge in [0.2, 0.25) is 5.91 Å². The Morgan fingerprint density at radius 1 is 1.27 bits per heavy atom. The van der Waals surface area contributed by atoms with E-state index in [0.717, 1.165) is 44.0 Å². The van der Waals surface area contributed by atoms with Crippen molar-refractivity contribution < 1.29 is 4.79 Å². The largest absolute Gasteiger partial charge is 0.333 e. The molecule has 0 unspecified atom stereocenters. The Morgan fingerprint density at radius 3 is 2.68 bits per heavy atom. The predicted molar refractivity (Wildman–Crippen MR) is 85.5 cm³/mol. The molecule has 1 aliphatic heterocycles. The Kier molecular flexibility index (Phi) is 4.79. The van der Waals surface area contributed by atoms with Crippen molar-refractivity contribution in [1.29, 1.82) is 0 Å². The van der Waals surface area contributed by atoms with E-state index in [-0.39, 0.29) is 11.9 Å². The molecule has 1 saturated heterocycles. The number of nitrogens with zero attached hydrogens (tertiary/aromatic N) is 4. The first-order valence-electron chi connectivity index (χ1n) is 8.94. The highest BCUT2D eigenvalue weighted by Crippen LogP contribution is 2.33. The average molecular weight is 304 g/mol. The summed E-state index contributed by atoms with van der Waals surface area (Å²) in [6, 6.07) is 0.0505. The molecule has 1 atom stereocenters. The van der Waals surface area contributed by atoms with E-state index in [0.29, 0.717) is 12.3 Å². The van der Waals surface area contributed by atoms with Gasteiger partial charge in [-0.15, -0.1) is 0 Å². The van der Waals surface area contributed by atoms with Gasteiger partial charge in [0.15, 0.2) is 5.82 Å². The van der Waals surface area contributed by atoms with Crippen molar-refractivity contribution in [1.82, 2.24) is 19.7 Å². The van der Waals surface area contributed by atoms with E-state index in [2.05, 4.69) is 18.5 Å². The third kappa shape index (κ3) is 3.03. The van der Waals surface area contributed by atoms with Crippen LogP contribution in [0.15, 0.2) is 0 Å². The fraction of sp³-hybridized carbons (Fsp3) is 0.824.